The van der Waals surface area contributed by atoms with E-state index in [4.69, 9.17) is 4.42 Å². The minimum absolute atomic E-state index is 0.144. The van der Waals surface area contributed by atoms with E-state index in [1.807, 2.05) is 24.8 Å². The Balaban J connectivity index is 1.39. The molecule has 8 heteroatoms. The van der Waals surface area contributed by atoms with Crippen LogP contribution >= 0.6 is 0 Å². The Morgan fingerprint density at radius 3 is 2.70 bits per heavy atom. The molecule has 2 aliphatic rings. The third kappa shape index (κ3) is 3.22. The molecule has 4 heterocycles. The summed E-state index contributed by atoms with van der Waals surface area (Å²) in [5.41, 5.74) is 2.64. The smallest absolute Gasteiger partial charge is 0.254 e. The monoisotopic (exact) mass is 407 g/mol. The van der Waals surface area contributed by atoms with Crippen LogP contribution in [0.2, 0.25) is 0 Å². The molecule has 0 bridgehead atoms. The van der Waals surface area contributed by atoms with Crippen molar-refractivity contribution in [3.63, 3.8) is 0 Å². The van der Waals surface area contributed by atoms with E-state index in [0.29, 0.717) is 30.1 Å². The number of piperidine rings is 1. The van der Waals surface area contributed by atoms with E-state index >= 15 is 0 Å². The van der Waals surface area contributed by atoms with Crippen molar-refractivity contribution < 1.29 is 13.6 Å². The van der Waals surface area contributed by atoms with Gasteiger partial charge in [0.05, 0.1) is 23.4 Å². The molecule has 2 saturated heterocycles. The molecule has 3 aromatic rings. The Hall–Kier alpha value is -3.29. The normalized spacial score (nSPS) is 20.6. The predicted molar refractivity (Wildman–Crippen MR) is 109 cm³/mol. The second-order valence-corrected chi connectivity index (χ2v) is 8.00. The molecular formula is C22H22FN5O2. The summed E-state index contributed by atoms with van der Waals surface area (Å²) in [5, 5.41) is 0. The molecule has 5 rings (SSSR count). The number of rotatable bonds is 3. The molecule has 0 aliphatic carbocycles. The van der Waals surface area contributed by atoms with Gasteiger partial charge in [0.1, 0.15) is 12.1 Å². The summed E-state index contributed by atoms with van der Waals surface area (Å²) in [6.07, 6.45) is 3.82. The van der Waals surface area contributed by atoms with E-state index in [0.717, 1.165) is 30.3 Å². The van der Waals surface area contributed by atoms with E-state index in [9.17, 15) is 9.18 Å². The number of anilines is 1. The first kappa shape index (κ1) is 18.7. The summed E-state index contributed by atoms with van der Waals surface area (Å²) < 4.78 is 19.2. The van der Waals surface area contributed by atoms with Crippen molar-refractivity contribution >= 4 is 11.9 Å². The lowest BCUT2D eigenvalue weighted by Crippen LogP contribution is -2.65. The average Bonchev–Trinajstić information content (AvgIpc) is 3.22. The highest BCUT2D eigenvalue weighted by atomic mass is 19.1. The van der Waals surface area contributed by atoms with E-state index in [-0.39, 0.29) is 17.8 Å². The summed E-state index contributed by atoms with van der Waals surface area (Å²) in [6.45, 7) is 6.09. The molecule has 0 N–H and O–H groups in total. The number of likely N-dealkylation sites (tertiary alicyclic amines) is 1. The molecule has 2 aliphatic heterocycles. The Kier molecular flexibility index (Phi) is 4.49. The van der Waals surface area contributed by atoms with Crippen LogP contribution < -0.4 is 4.90 Å². The van der Waals surface area contributed by atoms with Gasteiger partial charge < -0.3 is 14.2 Å². The fourth-order valence-electron chi connectivity index (χ4n) is 4.45. The molecule has 2 fully saturated rings. The van der Waals surface area contributed by atoms with Gasteiger partial charge in [0.25, 0.3) is 5.91 Å². The quantitative estimate of drug-likeness (QED) is 0.664. The Morgan fingerprint density at radius 2 is 1.97 bits per heavy atom. The highest BCUT2D eigenvalue weighted by Gasteiger charge is 2.45. The maximum absolute atomic E-state index is 13.9. The Labute approximate surface area is 173 Å². The molecule has 7 nitrogen and oxygen atoms in total. The number of amides is 1. The standard InChI is InChI=1S/C22H22FN5O2/c1-13-9-14(2)26-22(25-13)28-11-15-5-7-27(12-19(15)28)21(29)17-4-3-16(23)10-18(17)20-24-6-8-30-20/h3-4,6,8-10,15,19H,5,7,11-12H2,1-2H3. The topological polar surface area (TPSA) is 75.4 Å². The Morgan fingerprint density at radius 1 is 1.17 bits per heavy atom. The third-order valence-electron chi connectivity index (χ3n) is 5.94. The van der Waals surface area contributed by atoms with Gasteiger partial charge in [-0.3, -0.25) is 4.79 Å². The molecule has 0 spiro atoms. The number of benzene rings is 1. The van der Waals surface area contributed by atoms with Crippen LogP contribution in [0.5, 0.6) is 0 Å². The fourth-order valence-corrected chi connectivity index (χ4v) is 4.45. The number of hydrogen-bond acceptors (Lipinski definition) is 6. The van der Waals surface area contributed by atoms with E-state index in [2.05, 4.69) is 19.9 Å². The maximum atomic E-state index is 13.9. The van der Waals surface area contributed by atoms with Gasteiger partial charge in [-0.1, -0.05) is 0 Å². The highest BCUT2D eigenvalue weighted by molar-refractivity contribution is 6.00. The number of hydrogen-bond donors (Lipinski definition) is 0. The number of oxazole rings is 1. The van der Waals surface area contributed by atoms with Gasteiger partial charge in [-0.25, -0.2) is 19.3 Å². The number of halogens is 1. The van der Waals surface area contributed by atoms with E-state index in [1.165, 1.54) is 30.7 Å². The van der Waals surface area contributed by atoms with Gasteiger partial charge in [0.2, 0.25) is 11.8 Å². The number of aryl methyl sites for hydroxylation is 2. The molecule has 1 amide bonds. The first-order valence-corrected chi connectivity index (χ1v) is 10.1. The van der Waals surface area contributed by atoms with Crippen molar-refractivity contribution in [3.05, 3.63) is 59.5 Å². The van der Waals surface area contributed by atoms with Crippen molar-refractivity contribution in [2.45, 2.75) is 26.3 Å². The van der Waals surface area contributed by atoms with Crippen LogP contribution in [0.1, 0.15) is 28.2 Å². The summed E-state index contributed by atoms with van der Waals surface area (Å²) >= 11 is 0. The zero-order chi connectivity index (χ0) is 20.8. The molecule has 30 heavy (non-hydrogen) atoms. The SMILES string of the molecule is Cc1cc(C)nc(N2CC3CCN(C(=O)c4ccc(F)cc4-c4ncco4)CC32)n1. The lowest BCUT2D eigenvalue weighted by molar-refractivity contribution is 0.0590. The van der Waals surface area contributed by atoms with Crippen molar-refractivity contribution in [3.8, 4) is 11.5 Å². The van der Waals surface area contributed by atoms with Gasteiger partial charge in [-0.2, -0.15) is 0 Å². The van der Waals surface area contributed by atoms with Crippen LogP contribution in [0.25, 0.3) is 11.5 Å². The highest BCUT2D eigenvalue weighted by Crippen LogP contribution is 2.36. The summed E-state index contributed by atoms with van der Waals surface area (Å²) in [7, 11) is 0. The van der Waals surface area contributed by atoms with Gasteiger partial charge in [0.15, 0.2) is 0 Å². The van der Waals surface area contributed by atoms with E-state index < -0.39 is 5.82 Å². The molecular weight excluding hydrogens is 385 g/mol. The molecule has 1 aromatic carbocycles. The number of nitrogens with zero attached hydrogens (tertiary/aromatic N) is 5. The first-order valence-electron chi connectivity index (χ1n) is 10.1. The van der Waals surface area contributed by atoms with Crippen molar-refractivity contribution in [1.29, 1.82) is 0 Å². The molecule has 0 saturated carbocycles. The van der Waals surface area contributed by atoms with E-state index in [1.54, 1.807) is 0 Å². The molecule has 2 atom stereocenters. The number of aromatic nitrogens is 3. The maximum Gasteiger partial charge on any atom is 0.254 e. The summed E-state index contributed by atoms with van der Waals surface area (Å²) in [5.74, 6) is 0.912. The zero-order valence-electron chi connectivity index (χ0n) is 16.9. The van der Waals surface area contributed by atoms with Crippen LogP contribution in [0.4, 0.5) is 10.3 Å². The average molecular weight is 407 g/mol. The fraction of sp³-hybridized carbons (Fsp3) is 0.364. The van der Waals surface area contributed by atoms with Crippen LogP contribution in [0, 0.1) is 25.6 Å². The largest absolute Gasteiger partial charge is 0.445 e. The zero-order valence-corrected chi connectivity index (χ0v) is 16.9. The second-order valence-electron chi connectivity index (χ2n) is 8.00. The van der Waals surface area contributed by atoms with Crippen LogP contribution in [0.15, 0.2) is 41.1 Å². The van der Waals surface area contributed by atoms with Crippen molar-refractivity contribution in [2.75, 3.05) is 24.5 Å². The first-order chi connectivity index (χ1) is 14.5. The van der Waals surface area contributed by atoms with Crippen LogP contribution in [-0.2, 0) is 0 Å². The van der Waals surface area contributed by atoms with Crippen LogP contribution in [-0.4, -0.2) is 51.4 Å². The van der Waals surface area contributed by atoms with Gasteiger partial charge in [0, 0.05) is 36.9 Å². The molecule has 2 unspecified atom stereocenters. The Bertz CT molecular complexity index is 1080. The summed E-state index contributed by atoms with van der Waals surface area (Å²) in [4.78, 5) is 30.6. The van der Waals surface area contributed by atoms with Crippen molar-refractivity contribution in [1.82, 2.24) is 19.9 Å². The minimum Gasteiger partial charge on any atom is -0.445 e. The van der Waals surface area contributed by atoms with Gasteiger partial charge in [-0.05, 0) is 44.5 Å². The molecule has 154 valence electrons. The molecule has 0 radical (unpaired) electrons. The predicted octanol–water partition coefficient (Wildman–Crippen LogP) is 3.24. The number of carbonyl (C=O) groups excluding carboxylic acids is 1. The molecule has 2 aromatic heterocycles. The summed E-state index contributed by atoms with van der Waals surface area (Å²) in [6, 6.07) is 6.25. The second kappa shape index (κ2) is 7.19. The van der Waals surface area contributed by atoms with Gasteiger partial charge >= 0.3 is 0 Å². The lowest BCUT2D eigenvalue weighted by atomic mass is 9.82. The third-order valence-corrected chi connectivity index (χ3v) is 5.94. The number of carbonyl (C=O) groups is 1. The van der Waals surface area contributed by atoms with Gasteiger partial charge in [-0.15, -0.1) is 0 Å². The number of fused-ring (bicyclic) bond motifs is 1. The van der Waals surface area contributed by atoms with Crippen molar-refractivity contribution in [2.24, 2.45) is 5.92 Å². The minimum atomic E-state index is -0.435. The lowest BCUT2D eigenvalue weighted by Gasteiger charge is -2.53. The van der Waals surface area contributed by atoms with Crippen LogP contribution in [0.3, 0.4) is 0 Å².